The largest absolute Gasteiger partial charge is 0.496 e. The van der Waals surface area contributed by atoms with Crippen LogP contribution in [0.2, 0.25) is 0 Å². The normalized spacial score (nSPS) is 19.0. The van der Waals surface area contributed by atoms with Gasteiger partial charge >= 0.3 is 0 Å². The first kappa shape index (κ1) is 17.4. The Bertz CT molecular complexity index is 729. The van der Waals surface area contributed by atoms with E-state index in [1.807, 2.05) is 36.9 Å². The van der Waals surface area contributed by atoms with Crippen molar-refractivity contribution in [1.82, 2.24) is 24.6 Å². The number of aromatic nitrogens is 3. The summed E-state index contributed by atoms with van der Waals surface area (Å²) >= 11 is 0. The minimum absolute atomic E-state index is 0.0472. The molecule has 1 unspecified atom stereocenters. The number of rotatable bonds is 4. The second-order valence-corrected chi connectivity index (χ2v) is 6.89. The third-order valence-corrected chi connectivity index (χ3v) is 4.95. The van der Waals surface area contributed by atoms with Gasteiger partial charge in [0.15, 0.2) is 0 Å². The molecule has 0 saturated carbocycles. The summed E-state index contributed by atoms with van der Waals surface area (Å²) in [5.41, 5.74) is 0.334. The minimum Gasteiger partial charge on any atom is -0.496 e. The van der Waals surface area contributed by atoms with E-state index >= 15 is 0 Å². The van der Waals surface area contributed by atoms with Crippen molar-refractivity contribution in [3.05, 3.63) is 42.5 Å². The SMILES string of the molecule is COc1ccccc1C1CN(C(=O)C(C)(C)n2cncn2)CCN1C. The van der Waals surface area contributed by atoms with Gasteiger partial charge in [0.1, 0.15) is 23.9 Å². The molecule has 134 valence electrons. The highest BCUT2D eigenvalue weighted by Crippen LogP contribution is 2.32. The first-order valence-corrected chi connectivity index (χ1v) is 8.42. The van der Waals surface area contributed by atoms with Crippen molar-refractivity contribution in [1.29, 1.82) is 0 Å². The topological polar surface area (TPSA) is 63.5 Å². The van der Waals surface area contributed by atoms with Crippen molar-refractivity contribution in [3.8, 4) is 5.75 Å². The Morgan fingerprint density at radius 2 is 2.04 bits per heavy atom. The zero-order chi connectivity index (χ0) is 18.0. The highest BCUT2D eigenvalue weighted by atomic mass is 16.5. The van der Waals surface area contributed by atoms with Gasteiger partial charge in [-0.2, -0.15) is 5.10 Å². The predicted molar refractivity (Wildman–Crippen MR) is 94.3 cm³/mol. The fourth-order valence-corrected chi connectivity index (χ4v) is 3.32. The first-order valence-electron chi connectivity index (χ1n) is 8.42. The van der Waals surface area contributed by atoms with E-state index in [4.69, 9.17) is 4.74 Å². The molecule has 1 aliphatic rings. The van der Waals surface area contributed by atoms with Gasteiger partial charge in [-0.15, -0.1) is 0 Å². The summed E-state index contributed by atoms with van der Waals surface area (Å²) in [6, 6.07) is 8.09. The van der Waals surface area contributed by atoms with Gasteiger partial charge in [0.25, 0.3) is 0 Å². The number of para-hydroxylation sites is 1. The second kappa shape index (κ2) is 6.84. The van der Waals surface area contributed by atoms with Crippen LogP contribution in [0.4, 0.5) is 0 Å². The highest BCUT2D eigenvalue weighted by Gasteiger charge is 2.38. The molecule has 1 aliphatic heterocycles. The van der Waals surface area contributed by atoms with E-state index in [0.29, 0.717) is 13.1 Å². The van der Waals surface area contributed by atoms with E-state index in [9.17, 15) is 4.79 Å². The molecule has 3 rings (SSSR count). The van der Waals surface area contributed by atoms with Crippen molar-refractivity contribution in [2.75, 3.05) is 33.8 Å². The standard InChI is InChI=1S/C18H25N5O2/c1-18(2,23-13-19-12-20-23)17(24)22-10-9-21(3)15(11-22)14-7-5-6-8-16(14)25-4/h5-8,12-13,15H,9-11H2,1-4H3. The van der Waals surface area contributed by atoms with E-state index in [1.54, 1.807) is 18.1 Å². The van der Waals surface area contributed by atoms with Gasteiger partial charge in [0, 0.05) is 25.2 Å². The van der Waals surface area contributed by atoms with Gasteiger partial charge < -0.3 is 9.64 Å². The Hall–Kier alpha value is -2.41. The highest BCUT2D eigenvalue weighted by molar-refractivity contribution is 5.83. The number of hydrogen-bond acceptors (Lipinski definition) is 5. The maximum absolute atomic E-state index is 13.1. The Morgan fingerprint density at radius 3 is 2.72 bits per heavy atom. The maximum Gasteiger partial charge on any atom is 0.250 e. The average molecular weight is 343 g/mol. The zero-order valence-corrected chi connectivity index (χ0v) is 15.2. The van der Waals surface area contributed by atoms with Crippen LogP contribution in [0.3, 0.4) is 0 Å². The third-order valence-electron chi connectivity index (χ3n) is 4.95. The van der Waals surface area contributed by atoms with Crippen LogP contribution in [-0.4, -0.2) is 64.3 Å². The van der Waals surface area contributed by atoms with Crippen molar-refractivity contribution in [2.45, 2.75) is 25.4 Å². The molecule has 7 nitrogen and oxygen atoms in total. The van der Waals surface area contributed by atoms with E-state index in [-0.39, 0.29) is 11.9 Å². The van der Waals surface area contributed by atoms with E-state index in [1.165, 1.54) is 6.33 Å². The number of likely N-dealkylation sites (N-methyl/N-ethyl adjacent to an activating group) is 1. The van der Waals surface area contributed by atoms with Crippen LogP contribution in [0, 0.1) is 0 Å². The van der Waals surface area contributed by atoms with Gasteiger partial charge in [-0.05, 0) is 27.0 Å². The lowest BCUT2D eigenvalue weighted by Gasteiger charge is -2.42. The monoisotopic (exact) mass is 343 g/mol. The summed E-state index contributed by atoms with van der Waals surface area (Å²) in [7, 11) is 3.76. The molecule has 2 aromatic rings. The van der Waals surface area contributed by atoms with Crippen molar-refractivity contribution in [3.63, 3.8) is 0 Å². The molecular weight excluding hydrogens is 318 g/mol. The van der Waals surface area contributed by atoms with Crippen LogP contribution in [0.1, 0.15) is 25.5 Å². The van der Waals surface area contributed by atoms with Crippen LogP contribution < -0.4 is 4.74 Å². The zero-order valence-electron chi connectivity index (χ0n) is 15.2. The number of methoxy groups -OCH3 is 1. The molecule has 2 heterocycles. The summed E-state index contributed by atoms with van der Waals surface area (Å²) in [6.45, 7) is 5.87. The quantitative estimate of drug-likeness (QED) is 0.843. The number of carbonyl (C=O) groups excluding carboxylic acids is 1. The first-order chi connectivity index (χ1) is 11.9. The molecule has 0 aliphatic carbocycles. The lowest BCUT2D eigenvalue weighted by Crippen LogP contribution is -2.55. The van der Waals surface area contributed by atoms with Crippen molar-refractivity contribution in [2.24, 2.45) is 0 Å². The van der Waals surface area contributed by atoms with Gasteiger partial charge in [-0.1, -0.05) is 18.2 Å². The summed E-state index contributed by atoms with van der Waals surface area (Å²) in [4.78, 5) is 21.3. The molecule has 0 radical (unpaired) electrons. The number of carbonyl (C=O) groups is 1. The molecule has 7 heteroatoms. The minimum atomic E-state index is -0.766. The second-order valence-electron chi connectivity index (χ2n) is 6.89. The summed E-state index contributed by atoms with van der Waals surface area (Å²) in [6.07, 6.45) is 3.04. The van der Waals surface area contributed by atoms with Crippen LogP contribution in [0.5, 0.6) is 5.75 Å². The molecule has 0 spiro atoms. The van der Waals surface area contributed by atoms with Crippen LogP contribution >= 0.6 is 0 Å². The van der Waals surface area contributed by atoms with E-state index in [0.717, 1.165) is 17.9 Å². The Kier molecular flexibility index (Phi) is 4.76. The van der Waals surface area contributed by atoms with Gasteiger partial charge in [0.05, 0.1) is 13.2 Å². The Balaban J connectivity index is 1.84. The molecule has 1 fully saturated rings. The third kappa shape index (κ3) is 3.24. The fourth-order valence-electron chi connectivity index (χ4n) is 3.32. The lowest BCUT2D eigenvalue weighted by atomic mass is 9.98. The Labute approximate surface area is 148 Å². The predicted octanol–water partition coefficient (Wildman–Crippen LogP) is 1.54. The molecule has 1 aromatic heterocycles. The van der Waals surface area contributed by atoms with E-state index < -0.39 is 5.54 Å². The van der Waals surface area contributed by atoms with Crippen molar-refractivity contribution < 1.29 is 9.53 Å². The molecule has 0 bridgehead atoms. The smallest absolute Gasteiger partial charge is 0.250 e. The summed E-state index contributed by atoms with van der Waals surface area (Å²) in [5, 5.41) is 4.15. The van der Waals surface area contributed by atoms with Gasteiger partial charge in [0.2, 0.25) is 5.91 Å². The average Bonchev–Trinajstić information content (AvgIpc) is 3.17. The number of nitrogens with zero attached hydrogens (tertiary/aromatic N) is 5. The number of amides is 1. The van der Waals surface area contributed by atoms with Gasteiger partial charge in [-0.25, -0.2) is 9.67 Å². The number of benzene rings is 1. The summed E-state index contributed by atoms with van der Waals surface area (Å²) in [5.74, 6) is 0.898. The molecule has 1 aromatic carbocycles. The number of piperazine rings is 1. The molecule has 0 N–H and O–H groups in total. The Morgan fingerprint density at radius 1 is 1.28 bits per heavy atom. The number of ether oxygens (including phenoxy) is 1. The molecule has 1 atom stereocenters. The van der Waals surface area contributed by atoms with Gasteiger partial charge in [-0.3, -0.25) is 9.69 Å². The number of hydrogen-bond donors (Lipinski definition) is 0. The fraction of sp³-hybridized carbons (Fsp3) is 0.500. The van der Waals surface area contributed by atoms with E-state index in [2.05, 4.69) is 28.1 Å². The van der Waals surface area contributed by atoms with Crippen LogP contribution in [0.25, 0.3) is 0 Å². The molecular formula is C18H25N5O2. The molecule has 1 amide bonds. The lowest BCUT2D eigenvalue weighted by molar-refractivity contribution is -0.142. The maximum atomic E-state index is 13.1. The molecule has 1 saturated heterocycles. The van der Waals surface area contributed by atoms with Crippen molar-refractivity contribution >= 4 is 5.91 Å². The summed E-state index contributed by atoms with van der Waals surface area (Å²) < 4.78 is 7.13. The van der Waals surface area contributed by atoms with Crippen LogP contribution in [-0.2, 0) is 10.3 Å². The van der Waals surface area contributed by atoms with Crippen LogP contribution in [0.15, 0.2) is 36.9 Å². The molecule has 25 heavy (non-hydrogen) atoms.